The Morgan fingerprint density at radius 2 is 2.15 bits per heavy atom. The third-order valence-corrected chi connectivity index (χ3v) is 5.98. The van der Waals surface area contributed by atoms with Crippen molar-refractivity contribution >= 4 is 39.2 Å². The lowest BCUT2D eigenvalue weighted by atomic mass is 10.0. The molecule has 0 saturated carbocycles. The number of fused-ring (bicyclic) bond motifs is 2. The molecule has 0 radical (unpaired) electrons. The lowest BCUT2D eigenvalue weighted by molar-refractivity contribution is 0.0600. The topological polar surface area (TPSA) is 71.8 Å². The second-order valence-corrected chi connectivity index (χ2v) is 7.53. The molecule has 0 fully saturated rings. The molecule has 1 aliphatic heterocycles. The number of methoxy groups -OCH3 is 1. The molecule has 1 N–H and O–H groups in total. The molecule has 6 nitrogen and oxygen atoms in total. The third-order valence-electron chi connectivity index (χ3n) is 4.85. The highest BCUT2D eigenvalue weighted by atomic mass is 32.1. The van der Waals surface area contributed by atoms with E-state index in [9.17, 15) is 9.59 Å². The fraction of sp³-hybridized carbons (Fsp3) is 0.300. The van der Waals surface area contributed by atoms with E-state index in [0.29, 0.717) is 16.1 Å². The number of likely N-dealkylation sites (N-methyl/N-ethyl adjacent to an activating group) is 1. The van der Waals surface area contributed by atoms with Gasteiger partial charge in [-0.05, 0) is 30.7 Å². The van der Waals surface area contributed by atoms with E-state index >= 15 is 0 Å². The van der Waals surface area contributed by atoms with Crippen molar-refractivity contribution in [1.82, 2.24) is 4.90 Å². The predicted molar refractivity (Wildman–Crippen MR) is 104 cm³/mol. The van der Waals surface area contributed by atoms with Gasteiger partial charge in [0.25, 0.3) is 5.91 Å². The summed E-state index contributed by atoms with van der Waals surface area (Å²) in [6.07, 6.45) is 0.768. The van der Waals surface area contributed by atoms with Gasteiger partial charge in [0.2, 0.25) is 0 Å². The van der Waals surface area contributed by atoms with Gasteiger partial charge >= 0.3 is 5.97 Å². The number of hydrogen-bond acceptors (Lipinski definition) is 6. The van der Waals surface area contributed by atoms with Gasteiger partial charge in [-0.1, -0.05) is 25.1 Å². The molecular formula is C20H20N2O4S. The molecule has 4 rings (SSSR count). The number of para-hydroxylation sites is 1. The Bertz CT molecular complexity index is 987. The zero-order valence-corrected chi connectivity index (χ0v) is 16.0. The minimum atomic E-state index is -0.419. The van der Waals surface area contributed by atoms with Gasteiger partial charge in [-0.2, -0.15) is 0 Å². The molecule has 3 aromatic rings. The fourth-order valence-corrected chi connectivity index (χ4v) is 4.66. The molecule has 27 heavy (non-hydrogen) atoms. The molecule has 0 bridgehead atoms. The van der Waals surface area contributed by atoms with Gasteiger partial charge in [0.15, 0.2) is 5.76 Å². The monoisotopic (exact) mass is 384 g/mol. The zero-order valence-electron chi connectivity index (χ0n) is 15.2. The fourth-order valence-electron chi connectivity index (χ4n) is 3.39. The van der Waals surface area contributed by atoms with Crippen LogP contribution in [0.5, 0.6) is 0 Å². The molecular weight excluding hydrogens is 364 g/mol. The van der Waals surface area contributed by atoms with Gasteiger partial charge < -0.3 is 14.5 Å². The van der Waals surface area contributed by atoms with E-state index in [1.807, 2.05) is 24.3 Å². The summed E-state index contributed by atoms with van der Waals surface area (Å²) in [5.74, 6) is -0.576. The smallest absolute Gasteiger partial charge is 0.341 e. The van der Waals surface area contributed by atoms with E-state index < -0.39 is 5.97 Å². The number of carbonyl (C=O) groups excluding carboxylic acids is 2. The average Bonchev–Trinajstić information content (AvgIpc) is 3.27. The van der Waals surface area contributed by atoms with Crippen LogP contribution in [0, 0.1) is 0 Å². The number of thiophene rings is 1. The minimum absolute atomic E-state index is 0.216. The van der Waals surface area contributed by atoms with Crippen LogP contribution in [0.15, 0.2) is 34.7 Å². The van der Waals surface area contributed by atoms with Gasteiger partial charge in [-0.3, -0.25) is 9.69 Å². The molecule has 0 spiro atoms. The summed E-state index contributed by atoms with van der Waals surface area (Å²) in [4.78, 5) is 28.5. The maximum absolute atomic E-state index is 12.7. The predicted octanol–water partition coefficient (Wildman–Crippen LogP) is 3.91. The van der Waals surface area contributed by atoms with Crippen molar-refractivity contribution in [1.29, 1.82) is 0 Å². The number of amides is 1. The van der Waals surface area contributed by atoms with Crippen LogP contribution in [0.25, 0.3) is 11.0 Å². The number of nitrogens with zero attached hydrogens (tertiary/aromatic N) is 1. The van der Waals surface area contributed by atoms with E-state index in [0.717, 1.165) is 41.9 Å². The first kappa shape index (κ1) is 17.8. The van der Waals surface area contributed by atoms with Crippen molar-refractivity contribution < 1.29 is 18.7 Å². The van der Waals surface area contributed by atoms with Crippen LogP contribution in [-0.4, -0.2) is 37.0 Å². The van der Waals surface area contributed by atoms with Crippen molar-refractivity contribution in [2.24, 2.45) is 0 Å². The minimum Gasteiger partial charge on any atom is -0.465 e. The second-order valence-electron chi connectivity index (χ2n) is 6.42. The van der Waals surface area contributed by atoms with Crippen molar-refractivity contribution in [3.63, 3.8) is 0 Å². The molecule has 0 atom stereocenters. The Morgan fingerprint density at radius 1 is 1.33 bits per heavy atom. The molecule has 3 heterocycles. The highest BCUT2D eigenvalue weighted by Gasteiger charge is 2.29. The number of hydrogen-bond donors (Lipinski definition) is 1. The summed E-state index contributed by atoms with van der Waals surface area (Å²) in [5.41, 5.74) is 2.11. The maximum atomic E-state index is 12.7. The quantitative estimate of drug-likeness (QED) is 0.691. The number of ether oxygens (including phenoxy) is 1. The number of benzene rings is 1. The standard InChI is InChI=1S/C20H20N2O4S/c1-3-22-9-8-13-16(11-22)27-19(17(13)20(24)25-2)21-18(23)15-10-12-6-4-5-7-14(12)26-15/h4-7,10H,3,8-9,11H2,1-2H3,(H,21,23). The molecule has 0 saturated heterocycles. The number of esters is 1. The van der Waals surface area contributed by atoms with E-state index in [-0.39, 0.29) is 11.7 Å². The Balaban J connectivity index is 1.67. The van der Waals surface area contributed by atoms with Crippen LogP contribution in [-0.2, 0) is 17.7 Å². The third kappa shape index (κ3) is 3.24. The summed E-state index contributed by atoms with van der Waals surface area (Å²) in [6.45, 7) is 4.73. The second kappa shape index (κ2) is 7.17. The largest absolute Gasteiger partial charge is 0.465 e. The van der Waals surface area contributed by atoms with Crippen LogP contribution in [0.2, 0.25) is 0 Å². The summed E-state index contributed by atoms with van der Waals surface area (Å²) >= 11 is 1.44. The number of carbonyl (C=O) groups is 2. The Morgan fingerprint density at radius 3 is 2.89 bits per heavy atom. The summed E-state index contributed by atoms with van der Waals surface area (Å²) in [6, 6.07) is 9.15. The highest BCUT2D eigenvalue weighted by molar-refractivity contribution is 7.17. The van der Waals surface area contributed by atoms with Crippen molar-refractivity contribution in [3.05, 3.63) is 52.1 Å². The Labute approximate surface area is 160 Å². The first-order valence-corrected chi connectivity index (χ1v) is 9.67. The molecule has 2 aromatic heterocycles. The van der Waals surface area contributed by atoms with E-state index in [2.05, 4.69) is 17.1 Å². The van der Waals surface area contributed by atoms with Crippen LogP contribution in [0.1, 0.15) is 38.3 Å². The van der Waals surface area contributed by atoms with Gasteiger partial charge in [0, 0.05) is 23.4 Å². The van der Waals surface area contributed by atoms with E-state index in [1.54, 1.807) is 6.07 Å². The zero-order chi connectivity index (χ0) is 19.0. The van der Waals surface area contributed by atoms with Crippen LogP contribution >= 0.6 is 11.3 Å². The van der Waals surface area contributed by atoms with Gasteiger partial charge in [0.05, 0.1) is 12.7 Å². The van der Waals surface area contributed by atoms with Crippen LogP contribution in [0.4, 0.5) is 5.00 Å². The summed E-state index contributed by atoms with van der Waals surface area (Å²) in [5, 5.41) is 4.24. The molecule has 1 amide bonds. The van der Waals surface area contributed by atoms with Gasteiger partial charge in [-0.15, -0.1) is 11.3 Å². The molecule has 7 heteroatoms. The summed E-state index contributed by atoms with van der Waals surface area (Å²) in [7, 11) is 1.36. The number of furan rings is 1. The number of nitrogens with one attached hydrogen (secondary N) is 1. The van der Waals surface area contributed by atoms with Gasteiger partial charge in [-0.25, -0.2) is 4.79 Å². The van der Waals surface area contributed by atoms with E-state index in [4.69, 9.17) is 9.15 Å². The molecule has 1 aliphatic rings. The SMILES string of the molecule is CCN1CCc2c(sc(NC(=O)c3cc4ccccc4o3)c2C(=O)OC)C1. The first-order chi connectivity index (χ1) is 13.1. The van der Waals surface area contributed by atoms with Crippen LogP contribution < -0.4 is 5.32 Å². The maximum Gasteiger partial charge on any atom is 0.341 e. The Hall–Kier alpha value is -2.64. The molecule has 140 valence electrons. The number of anilines is 1. The lowest BCUT2D eigenvalue weighted by Crippen LogP contribution is -2.29. The number of rotatable bonds is 4. The summed E-state index contributed by atoms with van der Waals surface area (Å²) < 4.78 is 10.6. The lowest BCUT2D eigenvalue weighted by Gasteiger charge is -2.25. The highest BCUT2D eigenvalue weighted by Crippen LogP contribution is 2.38. The first-order valence-electron chi connectivity index (χ1n) is 8.85. The van der Waals surface area contributed by atoms with Crippen molar-refractivity contribution in [2.75, 3.05) is 25.5 Å². The Kier molecular flexibility index (Phi) is 4.72. The van der Waals surface area contributed by atoms with Gasteiger partial charge in [0.1, 0.15) is 10.6 Å². The van der Waals surface area contributed by atoms with E-state index in [1.165, 1.54) is 18.4 Å². The van der Waals surface area contributed by atoms with Crippen molar-refractivity contribution in [3.8, 4) is 0 Å². The van der Waals surface area contributed by atoms with Crippen molar-refractivity contribution in [2.45, 2.75) is 19.9 Å². The average molecular weight is 384 g/mol. The molecule has 1 aromatic carbocycles. The molecule has 0 aliphatic carbocycles. The van der Waals surface area contributed by atoms with Crippen LogP contribution in [0.3, 0.4) is 0 Å². The normalized spacial score (nSPS) is 14.1. The molecule has 0 unspecified atom stereocenters.